The molecule has 0 N–H and O–H groups in total. The number of pyridine rings is 1. The second-order valence-electron chi connectivity index (χ2n) is 8.39. The van der Waals surface area contributed by atoms with Gasteiger partial charge in [-0.25, -0.2) is 4.39 Å². The second kappa shape index (κ2) is 9.56. The van der Waals surface area contributed by atoms with E-state index in [0.29, 0.717) is 24.7 Å². The minimum atomic E-state index is -0.251. The molecule has 0 bridgehead atoms. The van der Waals surface area contributed by atoms with Crippen molar-refractivity contribution in [2.24, 2.45) is 5.92 Å². The fraction of sp³-hybridized carbons (Fsp3) is 0.500. The summed E-state index contributed by atoms with van der Waals surface area (Å²) in [6, 6.07) is 9.96. The third kappa shape index (κ3) is 5.36. The standard InChI is InChI=1S/C24H29FN2O3/c25-21-1-3-22(4-2-21)29-15-7-20-8-16-30-24(18-20)9-13-27(14-10-24)23(28)17-19-5-11-26-12-6-19/h1-6,11-12,20H,7-10,13-18H2. The third-order valence-electron chi connectivity index (χ3n) is 6.34. The Bertz CT molecular complexity index is 820. The molecule has 1 atom stereocenters. The average Bonchev–Trinajstić information content (AvgIpc) is 2.76. The van der Waals surface area contributed by atoms with Crippen molar-refractivity contribution < 1.29 is 18.7 Å². The summed E-state index contributed by atoms with van der Waals surface area (Å²) in [5.74, 6) is 1.19. The lowest BCUT2D eigenvalue weighted by atomic mass is 9.78. The van der Waals surface area contributed by atoms with E-state index in [1.54, 1.807) is 24.5 Å². The zero-order valence-electron chi connectivity index (χ0n) is 17.3. The average molecular weight is 413 g/mol. The first kappa shape index (κ1) is 20.8. The topological polar surface area (TPSA) is 51.7 Å². The van der Waals surface area contributed by atoms with Crippen molar-refractivity contribution in [3.05, 3.63) is 60.2 Å². The van der Waals surface area contributed by atoms with E-state index in [1.165, 1.54) is 12.1 Å². The Morgan fingerprint density at radius 3 is 2.63 bits per heavy atom. The fourth-order valence-electron chi connectivity index (χ4n) is 4.55. The number of ether oxygens (including phenoxy) is 2. The van der Waals surface area contributed by atoms with Gasteiger partial charge in [0.2, 0.25) is 5.91 Å². The Balaban J connectivity index is 1.23. The van der Waals surface area contributed by atoms with Crippen LogP contribution in [0.25, 0.3) is 0 Å². The minimum absolute atomic E-state index is 0.105. The van der Waals surface area contributed by atoms with Gasteiger partial charge in [0.25, 0.3) is 0 Å². The van der Waals surface area contributed by atoms with Gasteiger partial charge in [-0.05, 0) is 80.0 Å². The van der Waals surface area contributed by atoms with Crippen LogP contribution in [-0.4, -0.2) is 47.7 Å². The van der Waals surface area contributed by atoms with Crippen LogP contribution in [0.5, 0.6) is 5.75 Å². The monoisotopic (exact) mass is 412 g/mol. The Morgan fingerprint density at radius 2 is 1.90 bits per heavy atom. The first-order valence-electron chi connectivity index (χ1n) is 10.8. The van der Waals surface area contributed by atoms with E-state index < -0.39 is 0 Å². The SMILES string of the molecule is O=C(Cc1ccncc1)N1CCC2(CC1)CC(CCOc1ccc(F)cc1)CCO2. The van der Waals surface area contributed by atoms with Gasteiger partial charge in [0.1, 0.15) is 11.6 Å². The van der Waals surface area contributed by atoms with Gasteiger partial charge in [0, 0.05) is 32.1 Å². The van der Waals surface area contributed by atoms with Crippen molar-refractivity contribution >= 4 is 5.91 Å². The molecule has 2 aliphatic rings. The van der Waals surface area contributed by atoms with E-state index in [0.717, 1.165) is 57.4 Å². The largest absolute Gasteiger partial charge is 0.494 e. The number of aromatic nitrogens is 1. The zero-order valence-corrected chi connectivity index (χ0v) is 17.3. The first-order chi connectivity index (χ1) is 14.6. The van der Waals surface area contributed by atoms with Crippen LogP contribution in [0.1, 0.15) is 37.7 Å². The number of piperidine rings is 1. The summed E-state index contributed by atoms with van der Waals surface area (Å²) in [6.45, 7) is 2.90. The molecule has 1 aromatic heterocycles. The van der Waals surface area contributed by atoms with E-state index in [1.807, 2.05) is 17.0 Å². The summed E-state index contributed by atoms with van der Waals surface area (Å²) in [7, 11) is 0. The highest BCUT2D eigenvalue weighted by atomic mass is 19.1. The maximum absolute atomic E-state index is 13.0. The van der Waals surface area contributed by atoms with Gasteiger partial charge < -0.3 is 14.4 Å². The number of likely N-dealkylation sites (tertiary alicyclic amines) is 1. The van der Waals surface area contributed by atoms with Crippen LogP contribution in [0.4, 0.5) is 4.39 Å². The first-order valence-corrected chi connectivity index (χ1v) is 10.8. The Labute approximate surface area is 177 Å². The van der Waals surface area contributed by atoms with Crippen LogP contribution in [0, 0.1) is 11.7 Å². The molecule has 30 heavy (non-hydrogen) atoms. The normalized spacial score (nSPS) is 20.8. The highest BCUT2D eigenvalue weighted by Gasteiger charge is 2.40. The lowest BCUT2D eigenvalue weighted by Crippen LogP contribution is -2.51. The van der Waals surface area contributed by atoms with Gasteiger partial charge >= 0.3 is 0 Å². The molecule has 160 valence electrons. The van der Waals surface area contributed by atoms with Crippen molar-refractivity contribution in [2.45, 2.75) is 44.1 Å². The number of carbonyl (C=O) groups is 1. The summed E-state index contributed by atoms with van der Waals surface area (Å²) in [5, 5.41) is 0. The maximum atomic E-state index is 13.0. The van der Waals surface area contributed by atoms with E-state index in [-0.39, 0.29) is 17.3 Å². The molecule has 1 amide bonds. The zero-order chi connectivity index (χ0) is 20.8. The summed E-state index contributed by atoms with van der Waals surface area (Å²) >= 11 is 0. The van der Waals surface area contributed by atoms with Crippen molar-refractivity contribution in [2.75, 3.05) is 26.3 Å². The number of hydrogen-bond acceptors (Lipinski definition) is 4. The second-order valence-corrected chi connectivity index (χ2v) is 8.39. The van der Waals surface area contributed by atoms with Crippen LogP contribution in [0.3, 0.4) is 0 Å². The van der Waals surface area contributed by atoms with E-state index in [4.69, 9.17) is 9.47 Å². The molecule has 2 aliphatic heterocycles. The Kier molecular flexibility index (Phi) is 6.62. The molecule has 1 aromatic carbocycles. The molecular weight excluding hydrogens is 383 g/mol. The number of nitrogens with zero attached hydrogens (tertiary/aromatic N) is 2. The van der Waals surface area contributed by atoms with E-state index in [9.17, 15) is 9.18 Å². The number of carbonyl (C=O) groups excluding carboxylic acids is 1. The lowest BCUT2D eigenvalue weighted by molar-refractivity contribution is -0.147. The van der Waals surface area contributed by atoms with Crippen LogP contribution in [0.15, 0.2) is 48.8 Å². The number of benzene rings is 1. The highest BCUT2D eigenvalue weighted by molar-refractivity contribution is 5.78. The minimum Gasteiger partial charge on any atom is -0.494 e. The van der Waals surface area contributed by atoms with Crippen molar-refractivity contribution in [1.29, 1.82) is 0 Å². The quantitative estimate of drug-likeness (QED) is 0.719. The highest BCUT2D eigenvalue weighted by Crippen LogP contribution is 2.39. The predicted octanol–water partition coefficient (Wildman–Crippen LogP) is 4.02. The molecule has 0 saturated carbocycles. The Morgan fingerprint density at radius 1 is 1.17 bits per heavy atom. The molecule has 0 aliphatic carbocycles. The summed E-state index contributed by atoms with van der Waals surface area (Å²) in [6.07, 6.45) is 8.69. The lowest BCUT2D eigenvalue weighted by Gasteiger charge is -2.46. The summed E-state index contributed by atoms with van der Waals surface area (Å²) in [4.78, 5) is 18.6. The van der Waals surface area contributed by atoms with Gasteiger partial charge in [0.05, 0.1) is 18.6 Å². The number of halogens is 1. The smallest absolute Gasteiger partial charge is 0.226 e. The van der Waals surface area contributed by atoms with Gasteiger partial charge in [-0.1, -0.05) is 0 Å². The third-order valence-corrected chi connectivity index (χ3v) is 6.34. The number of amides is 1. The molecule has 2 fully saturated rings. The van der Waals surface area contributed by atoms with Crippen LogP contribution < -0.4 is 4.74 Å². The summed E-state index contributed by atoms with van der Waals surface area (Å²) in [5.41, 5.74) is 0.900. The molecule has 5 nitrogen and oxygen atoms in total. The number of rotatable bonds is 6. The maximum Gasteiger partial charge on any atom is 0.226 e. The van der Waals surface area contributed by atoms with E-state index in [2.05, 4.69) is 4.98 Å². The molecule has 4 rings (SSSR count). The van der Waals surface area contributed by atoms with Crippen molar-refractivity contribution in [3.8, 4) is 5.75 Å². The molecule has 1 spiro atoms. The molecule has 6 heteroatoms. The molecule has 0 radical (unpaired) electrons. The molecule has 3 heterocycles. The van der Waals surface area contributed by atoms with Crippen LogP contribution in [-0.2, 0) is 16.0 Å². The molecule has 1 unspecified atom stereocenters. The Hall–Kier alpha value is -2.47. The van der Waals surface area contributed by atoms with Crippen molar-refractivity contribution in [1.82, 2.24) is 9.88 Å². The van der Waals surface area contributed by atoms with Crippen LogP contribution in [0.2, 0.25) is 0 Å². The molecule has 2 saturated heterocycles. The number of hydrogen-bond donors (Lipinski definition) is 0. The van der Waals surface area contributed by atoms with Gasteiger partial charge in [0.15, 0.2) is 0 Å². The molecule has 2 aromatic rings. The predicted molar refractivity (Wildman–Crippen MR) is 112 cm³/mol. The van der Waals surface area contributed by atoms with Crippen LogP contribution >= 0.6 is 0 Å². The van der Waals surface area contributed by atoms with Gasteiger partial charge in [-0.3, -0.25) is 9.78 Å². The van der Waals surface area contributed by atoms with Crippen molar-refractivity contribution in [3.63, 3.8) is 0 Å². The van der Waals surface area contributed by atoms with Gasteiger partial charge in [-0.15, -0.1) is 0 Å². The van der Waals surface area contributed by atoms with E-state index >= 15 is 0 Å². The summed E-state index contributed by atoms with van der Waals surface area (Å²) < 4.78 is 25.0. The molecular formula is C24H29FN2O3. The van der Waals surface area contributed by atoms with Gasteiger partial charge in [-0.2, -0.15) is 0 Å². The fourth-order valence-corrected chi connectivity index (χ4v) is 4.55.